The van der Waals surface area contributed by atoms with Gasteiger partial charge < -0.3 is 10.1 Å². The standard InChI is InChI=1S/C27H24F3N5O2/c1-16-11-17(13-19(12-16)33-26-31-10-9-24(34-26)27(28,29)30)18-14-32-35(15-18)23-8-7-22(25(36)37-2)20-5-3-4-6-21(20)23/h3-6,9-15,22-23H,7-8H2,1-2H3,(H,31,33,34). The minimum atomic E-state index is -4.56. The summed E-state index contributed by atoms with van der Waals surface area (Å²) in [7, 11) is 1.40. The van der Waals surface area contributed by atoms with E-state index in [1.165, 1.54) is 7.11 Å². The van der Waals surface area contributed by atoms with Crippen LogP contribution < -0.4 is 5.32 Å². The number of carbonyl (C=O) groups is 1. The van der Waals surface area contributed by atoms with Crippen LogP contribution in [-0.4, -0.2) is 32.8 Å². The molecule has 1 aliphatic carbocycles. The summed E-state index contributed by atoms with van der Waals surface area (Å²) in [6.45, 7) is 1.90. The molecule has 190 valence electrons. The van der Waals surface area contributed by atoms with Gasteiger partial charge in [-0.15, -0.1) is 0 Å². The van der Waals surface area contributed by atoms with Crippen molar-refractivity contribution in [2.45, 2.75) is 37.9 Å². The number of benzene rings is 2. The summed E-state index contributed by atoms with van der Waals surface area (Å²) in [5, 5.41) is 7.50. The summed E-state index contributed by atoms with van der Waals surface area (Å²) >= 11 is 0. The Bertz CT molecular complexity index is 1450. The Morgan fingerprint density at radius 2 is 1.86 bits per heavy atom. The molecule has 10 heteroatoms. The third-order valence-electron chi connectivity index (χ3n) is 6.48. The van der Waals surface area contributed by atoms with Crippen LogP contribution in [0.1, 0.15) is 47.2 Å². The number of anilines is 2. The minimum Gasteiger partial charge on any atom is -0.469 e. The van der Waals surface area contributed by atoms with Gasteiger partial charge in [-0.05, 0) is 60.2 Å². The first-order valence-electron chi connectivity index (χ1n) is 11.7. The highest BCUT2D eigenvalue weighted by molar-refractivity contribution is 5.79. The number of esters is 1. The van der Waals surface area contributed by atoms with Crippen molar-refractivity contribution in [3.05, 3.63) is 89.5 Å². The summed E-state index contributed by atoms with van der Waals surface area (Å²) in [6.07, 6.45) is 1.60. The maximum absolute atomic E-state index is 13.0. The van der Waals surface area contributed by atoms with Gasteiger partial charge in [0.2, 0.25) is 5.95 Å². The first-order chi connectivity index (χ1) is 17.7. The number of carbonyl (C=O) groups excluding carboxylic acids is 1. The molecule has 37 heavy (non-hydrogen) atoms. The molecule has 4 aromatic rings. The third kappa shape index (κ3) is 5.04. The molecule has 0 saturated heterocycles. The molecule has 2 atom stereocenters. The molecule has 0 radical (unpaired) electrons. The van der Waals surface area contributed by atoms with Crippen molar-refractivity contribution in [3.8, 4) is 11.1 Å². The summed E-state index contributed by atoms with van der Waals surface area (Å²) in [4.78, 5) is 19.8. The Balaban J connectivity index is 1.42. The van der Waals surface area contributed by atoms with E-state index in [9.17, 15) is 18.0 Å². The zero-order chi connectivity index (χ0) is 26.2. The fraction of sp³-hybridized carbons (Fsp3) is 0.259. The predicted molar refractivity (Wildman–Crippen MR) is 131 cm³/mol. The van der Waals surface area contributed by atoms with E-state index in [2.05, 4.69) is 20.4 Å². The Labute approximate surface area is 211 Å². The fourth-order valence-electron chi connectivity index (χ4n) is 4.81. The van der Waals surface area contributed by atoms with Crippen LogP contribution in [-0.2, 0) is 15.7 Å². The maximum atomic E-state index is 13.0. The van der Waals surface area contributed by atoms with Crippen molar-refractivity contribution in [2.24, 2.45) is 0 Å². The van der Waals surface area contributed by atoms with Crippen molar-refractivity contribution in [3.63, 3.8) is 0 Å². The molecule has 1 N–H and O–H groups in total. The van der Waals surface area contributed by atoms with E-state index in [-0.39, 0.29) is 23.9 Å². The number of hydrogen-bond acceptors (Lipinski definition) is 6. The largest absolute Gasteiger partial charge is 0.469 e. The molecule has 2 unspecified atom stereocenters. The van der Waals surface area contributed by atoms with E-state index in [4.69, 9.17) is 4.74 Å². The summed E-state index contributed by atoms with van der Waals surface area (Å²) in [6, 6.07) is 14.2. The van der Waals surface area contributed by atoms with Gasteiger partial charge >= 0.3 is 12.1 Å². The molecule has 2 aromatic carbocycles. The lowest BCUT2D eigenvalue weighted by Gasteiger charge is -2.30. The number of aryl methyl sites for hydroxylation is 1. The molecule has 1 aliphatic rings. The predicted octanol–water partition coefficient (Wildman–Crippen LogP) is 6.05. The number of aromatic nitrogens is 4. The molecular formula is C27H24F3N5O2. The van der Waals surface area contributed by atoms with Crippen molar-refractivity contribution < 1.29 is 22.7 Å². The molecule has 0 fully saturated rings. The minimum absolute atomic E-state index is 0.0354. The molecule has 5 rings (SSSR count). The lowest BCUT2D eigenvalue weighted by Crippen LogP contribution is -2.25. The van der Waals surface area contributed by atoms with Gasteiger partial charge in [-0.2, -0.15) is 18.3 Å². The first-order valence-corrected chi connectivity index (χ1v) is 11.7. The molecule has 2 heterocycles. The number of rotatable bonds is 5. The Hall–Kier alpha value is -4.21. The van der Waals surface area contributed by atoms with Crippen LogP contribution in [0.3, 0.4) is 0 Å². The number of methoxy groups -OCH3 is 1. The zero-order valence-corrected chi connectivity index (χ0v) is 20.2. The smallest absolute Gasteiger partial charge is 0.433 e. The number of hydrogen-bond donors (Lipinski definition) is 1. The van der Waals surface area contributed by atoms with Gasteiger partial charge in [0.15, 0.2) is 0 Å². The number of nitrogens with zero attached hydrogens (tertiary/aromatic N) is 4. The second-order valence-electron chi connectivity index (χ2n) is 8.98. The second-order valence-corrected chi connectivity index (χ2v) is 8.98. The molecule has 0 amide bonds. The van der Waals surface area contributed by atoms with E-state index in [1.54, 1.807) is 6.20 Å². The van der Waals surface area contributed by atoms with Crippen LogP contribution in [0, 0.1) is 6.92 Å². The highest BCUT2D eigenvalue weighted by Crippen LogP contribution is 2.40. The van der Waals surface area contributed by atoms with Crippen molar-refractivity contribution in [1.82, 2.24) is 19.7 Å². The van der Waals surface area contributed by atoms with Crippen molar-refractivity contribution in [1.29, 1.82) is 0 Å². The SMILES string of the molecule is COC(=O)C1CCC(n2cc(-c3cc(C)cc(Nc4nccc(C(F)(F)F)n4)c3)cn2)c2ccccc21. The average molecular weight is 508 g/mol. The Morgan fingerprint density at radius 3 is 2.62 bits per heavy atom. The van der Waals surface area contributed by atoms with Crippen molar-refractivity contribution >= 4 is 17.6 Å². The van der Waals surface area contributed by atoms with E-state index in [0.29, 0.717) is 12.1 Å². The van der Waals surface area contributed by atoms with Crippen molar-refractivity contribution in [2.75, 3.05) is 12.4 Å². The molecule has 7 nitrogen and oxygen atoms in total. The normalized spacial score (nSPS) is 17.2. The fourth-order valence-corrected chi connectivity index (χ4v) is 4.81. The third-order valence-corrected chi connectivity index (χ3v) is 6.48. The van der Waals surface area contributed by atoms with Gasteiger partial charge in [-0.25, -0.2) is 9.97 Å². The molecular weight excluding hydrogens is 483 g/mol. The van der Waals surface area contributed by atoms with Gasteiger partial charge in [0.1, 0.15) is 5.69 Å². The molecule has 0 saturated carbocycles. The van der Waals surface area contributed by atoms with E-state index in [1.807, 2.05) is 60.3 Å². The number of halogens is 3. The first kappa shape index (κ1) is 24.5. The molecule has 0 aliphatic heterocycles. The van der Waals surface area contributed by atoms with Crippen LogP contribution in [0.5, 0.6) is 0 Å². The summed E-state index contributed by atoms with van der Waals surface area (Å²) in [5.74, 6) is -0.673. The zero-order valence-electron chi connectivity index (χ0n) is 20.2. The monoisotopic (exact) mass is 507 g/mol. The summed E-state index contributed by atoms with van der Waals surface area (Å²) in [5.41, 5.74) is 4.13. The maximum Gasteiger partial charge on any atom is 0.433 e. The van der Waals surface area contributed by atoms with Crippen LogP contribution in [0.4, 0.5) is 24.8 Å². The van der Waals surface area contributed by atoms with Crippen LogP contribution >= 0.6 is 0 Å². The topological polar surface area (TPSA) is 81.9 Å². The summed E-state index contributed by atoms with van der Waals surface area (Å²) < 4.78 is 46.0. The highest BCUT2D eigenvalue weighted by atomic mass is 19.4. The van der Waals surface area contributed by atoms with E-state index in [0.717, 1.165) is 46.5 Å². The van der Waals surface area contributed by atoms with E-state index >= 15 is 0 Å². The number of alkyl halides is 3. The number of fused-ring (bicyclic) bond motifs is 1. The number of nitrogens with one attached hydrogen (secondary N) is 1. The highest BCUT2D eigenvalue weighted by Gasteiger charge is 2.34. The Morgan fingerprint density at radius 1 is 1.08 bits per heavy atom. The Kier molecular flexibility index (Phi) is 6.41. The quantitative estimate of drug-likeness (QED) is 0.331. The lowest BCUT2D eigenvalue weighted by molar-refractivity contribution is -0.143. The van der Waals surface area contributed by atoms with Gasteiger partial charge in [0.25, 0.3) is 0 Å². The van der Waals surface area contributed by atoms with Gasteiger partial charge in [-0.3, -0.25) is 9.48 Å². The lowest BCUT2D eigenvalue weighted by atomic mass is 9.80. The second kappa shape index (κ2) is 9.68. The number of ether oxygens (including phenoxy) is 1. The van der Waals surface area contributed by atoms with Gasteiger partial charge in [0, 0.05) is 23.6 Å². The van der Waals surface area contributed by atoms with Crippen LogP contribution in [0.15, 0.2) is 67.1 Å². The van der Waals surface area contributed by atoms with Gasteiger partial charge in [0.05, 0.1) is 25.3 Å². The molecule has 2 aromatic heterocycles. The molecule has 0 bridgehead atoms. The van der Waals surface area contributed by atoms with Crippen LogP contribution in [0.2, 0.25) is 0 Å². The van der Waals surface area contributed by atoms with Crippen LogP contribution in [0.25, 0.3) is 11.1 Å². The average Bonchev–Trinajstić information content (AvgIpc) is 3.37. The van der Waals surface area contributed by atoms with E-state index < -0.39 is 11.9 Å². The van der Waals surface area contributed by atoms with Gasteiger partial charge in [-0.1, -0.05) is 30.3 Å². The molecule has 0 spiro atoms.